The van der Waals surface area contributed by atoms with Gasteiger partial charge in [0.1, 0.15) is 12.4 Å². The van der Waals surface area contributed by atoms with Crippen LogP contribution in [0.2, 0.25) is 5.02 Å². The molecule has 0 fully saturated rings. The lowest BCUT2D eigenvalue weighted by Crippen LogP contribution is -1.98. The quantitative estimate of drug-likeness (QED) is 0.496. The molecule has 3 rings (SSSR count). The molecular weight excluding hydrogens is 330 g/mol. The summed E-state index contributed by atoms with van der Waals surface area (Å²) in [6.45, 7) is 4.62. The molecule has 2 nitrogen and oxygen atoms in total. The zero-order valence-corrected chi connectivity index (χ0v) is 15.1. The Labute approximate surface area is 153 Å². The van der Waals surface area contributed by atoms with Crippen LogP contribution >= 0.6 is 11.6 Å². The van der Waals surface area contributed by atoms with Crippen molar-refractivity contribution in [1.29, 1.82) is 0 Å². The number of hydrogen-bond donors (Lipinski definition) is 0. The highest BCUT2D eigenvalue weighted by atomic mass is 35.5. The van der Waals surface area contributed by atoms with Gasteiger partial charge in [0.2, 0.25) is 0 Å². The number of rotatable bonds is 5. The lowest BCUT2D eigenvalue weighted by atomic mass is 10.1. The van der Waals surface area contributed by atoms with E-state index in [2.05, 4.69) is 31.0 Å². The van der Waals surface area contributed by atoms with Gasteiger partial charge in [-0.25, -0.2) is 0 Å². The van der Waals surface area contributed by atoms with Crippen LogP contribution in [0.1, 0.15) is 22.3 Å². The summed E-state index contributed by atoms with van der Waals surface area (Å²) in [6.07, 6.45) is 1.85. The molecule has 0 aromatic heterocycles. The van der Waals surface area contributed by atoms with E-state index in [1.165, 1.54) is 5.56 Å². The number of halogens is 1. The first-order chi connectivity index (χ1) is 12.1. The van der Waals surface area contributed by atoms with Crippen LogP contribution in [0.5, 0.6) is 5.75 Å². The molecular formula is C22H20ClNO. The Kier molecular flexibility index (Phi) is 5.52. The highest BCUT2D eigenvalue weighted by Gasteiger charge is 2.03. The minimum absolute atomic E-state index is 0.467. The zero-order chi connectivity index (χ0) is 17.6. The second-order valence-electron chi connectivity index (χ2n) is 6.00. The van der Waals surface area contributed by atoms with Crippen LogP contribution in [-0.4, -0.2) is 6.21 Å². The van der Waals surface area contributed by atoms with E-state index in [1.807, 2.05) is 60.8 Å². The first-order valence-corrected chi connectivity index (χ1v) is 8.57. The van der Waals surface area contributed by atoms with Crippen LogP contribution in [0.3, 0.4) is 0 Å². The maximum absolute atomic E-state index is 6.02. The molecule has 0 saturated carbocycles. The number of ether oxygens (including phenoxy) is 1. The normalized spacial score (nSPS) is 11.0. The lowest BCUT2D eigenvalue weighted by molar-refractivity contribution is 0.306. The van der Waals surface area contributed by atoms with Gasteiger partial charge in [0.15, 0.2) is 0 Å². The van der Waals surface area contributed by atoms with Crippen LogP contribution in [-0.2, 0) is 6.61 Å². The predicted molar refractivity (Wildman–Crippen MR) is 105 cm³/mol. The van der Waals surface area contributed by atoms with E-state index in [4.69, 9.17) is 16.3 Å². The van der Waals surface area contributed by atoms with E-state index in [0.29, 0.717) is 11.6 Å². The highest BCUT2D eigenvalue weighted by molar-refractivity contribution is 6.30. The van der Waals surface area contributed by atoms with Crippen molar-refractivity contribution in [2.45, 2.75) is 20.5 Å². The molecule has 0 atom stereocenters. The van der Waals surface area contributed by atoms with Crippen molar-refractivity contribution in [3.05, 3.63) is 94.0 Å². The van der Waals surface area contributed by atoms with Crippen molar-refractivity contribution in [2.75, 3.05) is 0 Å². The molecule has 0 saturated heterocycles. The minimum Gasteiger partial charge on any atom is -0.488 e. The molecule has 0 aliphatic carbocycles. The number of aliphatic imine (C=N–C) groups is 1. The Balaban J connectivity index is 1.77. The van der Waals surface area contributed by atoms with Gasteiger partial charge in [-0.2, -0.15) is 0 Å². The monoisotopic (exact) mass is 349 g/mol. The van der Waals surface area contributed by atoms with E-state index in [1.54, 1.807) is 0 Å². The molecule has 3 heteroatoms. The fourth-order valence-corrected chi connectivity index (χ4v) is 2.81. The van der Waals surface area contributed by atoms with Gasteiger partial charge >= 0.3 is 0 Å². The highest BCUT2D eigenvalue weighted by Crippen LogP contribution is 2.22. The number of para-hydroxylation sites is 1. The van der Waals surface area contributed by atoms with Gasteiger partial charge in [-0.1, -0.05) is 53.6 Å². The zero-order valence-electron chi connectivity index (χ0n) is 14.4. The summed E-state index contributed by atoms with van der Waals surface area (Å²) >= 11 is 6.02. The van der Waals surface area contributed by atoms with Crippen LogP contribution < -0.4 is 4.74 Å². The average molecular weight is 350 g/mol. The Morgan fingerprint density at radius 2 is 1.80 bits per heavy atom. The lowest BCUT2D eigenvalue weighted by Gasteiger charge is -2.09. The number of benzene rings is 3. The standard InChI is InChI=1S/C22H20ClNO/c1-16-10-11-21(17(2)12-16)24-14-19-7-3-4-9-22(19)25-15-18-6-5-8-20(23)13-18/h3-14H,15H2,1-2H3. The third-order valence-electron chi connectivity index (χ3n) is 3.90. The van der Waals surface area contributed by atoms with Gasteiger partial charge in [-0.05, 0) is 55.3 Å². The van der Waals surface area contributed by atoms with Crippen molar-refractivity contribution in [1.82, 2.24) is 0 Å². The maximum atomic E-state index is 6.02. The summed E-state index contributed by atoms with van der Waals surface area (Å²) in [4.78, 5) is 4.62. The molecule has 25 heavy (non-hydrogen) atoms. The molecule has 126 valence electrons. The van der Waals surface area contributed by atoms with Crippen molar-refractivity contribution in [3.8, 4) is 5.75 Å². The number of aryl methyl sites for hydroxylation is 2. The van der Waals surface area contributed by atoms with E-state index >= 15 is 0 Å². The summed E-state index contributed by atoms with van der Waals surface area (Å²) in [5.74, 6) is 0.802. The summed E-state index contributed by atoms with van der Waals surface area (Å²) in [5.41, 5.74) is 5.35. The van der Waals surface area contributed by atoms with Crippen LogP contribution in [0.4, 0.5) is 5.69 Å². The maximum Gasteiger partial charge on any atom is 0.128 e. The van der Waals surface area contributed by atoms with E-state index < -0.39 is 0 Å². The second-order valence-corrected chi connectivity index (χ2v) is 6.44. The number of nitrogens with zero attached hydrogens (tertiary/aromatic N) is 1. The van der Waals surface area contributed by atoms with Gasteiger partial charge in [0.25, 0.3) is 0 Å². The molecule has 0 aliphatic heterocycles. The van der Waals surface area contributed by atoms with Gasteiger partial charge < -0.3 is 4.74 Å². The molecule has 0 unspecified atom stereocenters. The first-order valence-electron chi connectivity index (χ1n) is 8.19. The van der Waals surface area contributed by atoms with Crippen molar-refractivity contribution in [2.24, 2.45) is 4.99 Å². The van der Waals surface area contributed by atoms with Gasteiger partial charge in [-0.15, -0.1) is 0 Å². The van der Waals surface area contributed by atoms with E-state index in [9.17, 15) is 0 Å². The smallest absolute Gasteiger partial charge is 0.128 e. The van der Waals surface area contributed by atoms with Crippen LogP contribution in [0, 0.1) is 13.8 Å². The fraction of sp³-hybridized carbons (Fsp3) is 0.136. The molecule has 0 N–H and O–H groups in total. The second kappa shape index (κ2) is 8.00. The summed E-state index contributed by atoms with van der Waals surface area (Å²) < 4.78 is 5.97. The molecule has 0 heterocycles. The van der Waals surface area contributed by atoms with E-state index in [-0.39, 0.29) is 0 Å². The molecule has 3 aromatic rings. The van der Waals surface area contributed by atoms with Gasteiger partial charge in [0.05, 0.1) is 5.69 Å². The van der Waals surface area contributed by atoms with Gasteiger partial charge in [0, 0.05) is 16.8 Å². The first kappa shape index (κ1) is 17.2. The minimum atomic E-state index is 0.467. The molecule has 0 aliphatic rings. The topological polar surface area (TPSA) is 21.6 Å². The summed E-state index contributed by atoms with van der Waals surface area (Å²) in [7, 11) is 0. The summed E-state index contributed by atoms with van der Waals surface area (Å²) in [5, 5.41) is 0.714. The Morgan fingerprint density at radius 1 is 0.960 bits per heavy atom. The Bertz CT molecular complexity index is 902. The third-order valence-corrected chi connectivity index (χ3v) is 4.13. The molecule has 0 radical (unpaired) electrons. The molecule has 0 amide bonds. The molecule has 3 aromatic carbocycles. The van der Waals surface area contributed by atoms with Crippen LogP contribution in [0.25, 0.3) is 0 Å². The van der Waals surface area contributed by atoms with E-state index in [0.717, 1.165) is 28.1 Å². The largest absolute Gasteiger partial charge is 0.488 e. The van der Waals surface area contributed by atoms with Crippen molar-refractivity contribution in [3.63, 3.8) is 0 Å². The van der Waals surface area contributed by atoms with Crippen molar-refractivity contribution < 1.29 is 4.74 Å². The van der Waals surface area contributed by atoms with Crippen molar-refractivity contribution >= 4 is 23.5 Å². The third kappa shape index (κ3) is 4.71. The molecule has 0 spiro atoms. The Morgan fingerprint density at radius 3 is 2.60 bits per heavy atom. The average Bonchev–Trinajstić information content (AvgIpc) is 2.60. The number of hydrogen-bond acceptors (Lipinski definition) is 2. The predicted octanol–water partition coefficient (Wildman–Crippen LogP) is 6.29. The Hall–Kier alpha value is -2.58. The fourth-order valence-electron chi connectivity index (χ4n) is 2.60. The summed E-state index contributed by atoms with van der Waals surface area (Å²) in [6, 6.07) is 21.8. The van der Waals surface area contributed by atoms with Crippen LogP contribution in [0.15, 0.2) is 71.7 Å². The van der Waals surface area contributed by atoms with Gasteiger partial charge in [-0.3, -0.25) is 4.99 Å². The molecule has 0 bridgehead atoms. The SMILES string of the molecule is Cc1ccc(N=Cc2ccccc2OCc2cccc(Cl)c2)c(C)c1.